The van der Waals surface area contributed by atoms with Crippen molar-refractivity contribution in [1.82, 2.24) is 10.9 Å². The van der Waals surface area contributed by atoms with Gasteiger partial charge in [-0.3, -0.25) is 9.59 Å². The molecule has 1 aromatic heterocycles. The van der Waals surface area contributed by atoms with Crippen LogP contribution in [0.15, 0.2) is 101 Å². The molecular formula is C24H22N4O3S3. The standard InChI is InChI=1S/C24H22N4O3S3/c1-3-17-4-5-18(31-17)14-26-28-24(30)16-33-20-8-12-22(13-9-20)34-21-10-6-19(7-11-21)32-15-23(29)27-25-2/h3-14H,1-2,15-16H2,(H,27,29)(H,28,30)/b26-14+. The van der Waals surface area contributed by atoms with E-state index >= 15 is 0 Å². The van der Waals surface area contributed by atoms with Gasteiger partial charge in [0.15, 0.2) is 0 Å². The zero-order chi connectivity index (χ0) is 24.2. The van der Waals surface area contributed by atoms with E-state index in [-0.39, 0.29) is 23.3 Å². The topological polar surface area (TPSA) is 96.1 Å². The van der Waals surface area contributed by atoms with Gasteiger partial charge in [-0.15, -0.1) is 23.5 Å². The fourth-order valence-corrected chi connectivity index (χ4v) is 4.71. The summed E-state index contributed by atoms with van der Waals surface area (Å²) in [5, 5.41) is 7.26. The maximum Gasteiger partial charge on any atom is 0.250 e. The number of nitrogens with zero attached hydrogens (tertiary/aromatic N) is 2. The molecule has 1 heterocycles. The fraction of sp³-hybridized carbons (Fsp3) is 0.0833. The number of carbonyl (C=O) groups excluding carboxylic acids is 2. The summed E-state index contributed by atoms with van der Waals surface area (Å²) in [6.07, 6.45) is 3.05. The molecule has 3 aromatic rings. The summed E-state index contributed by atoms with van der Waals surface area (Å²) in [5.41, 5.74) is 4.80. The summed E-state index contributed by atoms with van der Waals surface area (Å²) in [7, 11) is 0. The van der Waals surface area contributed by atoms with Crippen LogP contribution in [0.4, 0.5) is 0 Å². The Morgan fingerprint density at radius 3 is 1.79 bits per heavy atom. The maximum absolute atomic E-state index is 12.0. The minimum absolute atomic E-state index is 0.183. The summed E-state index contributed by atoms with van der Waals surface area (Å²) >= 11 is 4.51. The molecular weight excluding hydrogens is 488 g/mol. The maximum atomic E-state index is 12.0. The second-order valence-electron chi connectivity index (χ2n) is 6.55. The van der Waals surface area contributed by atoms with Gasteiger partial charge in [-0.05, 0) is 66.7 Å². The quantitative estimate of drug-likeness (QED) is 0.199. The number of carbonyl (C=O) groups is 2. The van der Waals surface area contributed by atoms with Crippen LogP contribution in [-0.4, -0.2) is 36.3 Å². The van der Waals surface area contributed by atoms with E-state index in [1.807, 2.05) is 48.5 Å². The minimum Gasteiger partial charge on any atom is -0.456 e. The SMILES string of the molecule is C=Cc1ccc(/C=N/NC(=O)CSc2ccc(Sc3ccc(SCC(=O)NN=C)cc3)cc2)o1. The average molecular weight is 511 g/mol. The van der Waals surface area contributed by atoms with Crippen molar-refractivity contribution >= 4 is 66.1 Å². The molecule has 3 rings (SSSR count). The first kappa shape index (κ1) is 25.4. The number of hydrazone groups is 2. The van der Waals surface area contributed by atoms with Crippen molar-refractivity contribution < 1.29 is 14.0 Å². The molecule has 0 fully saturated rings. The first-order valence-electron chi connectivity index (χ1n) is 9.98. The van der Waals surface area contributed by atoms with Gasteiger partial charge < -0.3 is 4.42 Å². The van der Waals surface area contributed by atoms with E-state index in [0.29, 0.717) is 11.5 Å². The van der Waals surface area contributed by atoms with Crippen LogP contribution in [0.5, 0.6) is 0 Å². The molecule has 0 aliphatic heterocycles. The Labute approximate surface area is 210 Å². The molecule has 7 nitrogen and oxygen atoms in total. The zero-order valence-corrected chi connectivity index (χ0v) is 20.6. The van der Waals surface area contributed by atoms with Crippen molar-refractivity contribution in [2.45, 2.75) is 19.6 Å². The lowest BCUT2D eigenvalue weighted by Gasteiger charge is -2.05. The van der Waals surface area contributed by atoms with E-state index < -0.39 is 0 Å². The van der Waals surface area contributed by atoms with Crippen LogP contribution in [0.25, 0.3) is 6.08 Å². The molecule has 0 saturated heterocycles. The third kappa shape index (κ3) is 8.62. The number of furan rings is 1. The van der Waals surface area contributed by atoms with Gasteiger partial charge in [0.25, 0.3) is 0 Å². The Hall–Kier alpha value is -3.21. The summed E-state index contributed by atoms with van der Waals surface area (Å²) < 4.78 is 5.38. The lowest BCUT2D eigenvalue weighted by molar-refractivity contribution is -0.119. The van der Waals surface area contributed by atoms with Gasteiger partial charge >= 0.3 is 0 Å². The highest BCUT2D eigenvalue weighted by molar-refractivity contribution is 8.00. The number of rotatable bonds is 12. The molecule has 0 saturated carbocycles. The summed E-state index contributed by atoms with van der Waals surface area (Å²) in [6.45, 7) is 6.85. The minimum atomic E-state index is -0.202. The number of nitrogens with one attached hydrogen (secondary N) is 2. The van der Waals surface area contributed by atoms with Crippen LogP contribution in [0.2, 0.25) is 0 Å². The monoisotopic (exact) mass is 510 g/mol. The molecule has 0 spiro atoms. The van der Waals surface area contributed by atoms with Crippen LogP contribution in [-0.2, 0) is 9.59 Å². The molecule has 2 aromatic carbocycles. The Morgan fingerprint density at radius 1 is 0.794 bits per heavy atom. The summed E-state index contributed by atoms with van der Waals surface area (Å²) in [5.74, 6) is 1.33. The molecule has 0 aliphatic rings. The number of hydrogen-bond acceptors (Lipinski definition) is 8. The van der Waals surface area contributed by atoms with Gasteiger partial charge in [0.2, 0.25) is 11.8 Å². The number of benzene rings is 2. The molecule has 2 amide bonds. The van der Waals surface area contributed by atoms with Crippen molar-refractivity contribution in [3.63, 3.8) is 0 Å². The van der Waals surface area contributed by atoms with Crippen molar-refractivity contribution in [2.24, 2.45) is 10.2 Å². The van der Waals surface area contributed by atoms with E-state index in [4.69, 9.17) is 4.42 Å². The zero-order valence-electron chi connectivity index (χ0n) is 18.1. The number of amides is 2. The summed E-state index contributed by atoms with van der Waals surface area (Å²) in [4.78, 5) is 27.6. The third-order valence-corrected chi connectivity index (χ3v) is 7.10. The van der Waals surface area contributed by atoms with Crippen LogP contribution in [0.3, 0.4) is 0 Å². The first-order chi connectivity index (χ1) is 16.6. The van der Waals surface area contributed by atoms with E-state index in [1.54, 1.807) is 30.0 Å². The molecule has 0 aliphatic carbocycles. The highest BCUT2D eigenvalue weighted by Crippen LogP contribution is 2.31. The number of thioether (sulfide) groups is 2. The highest BCUT2D eigenvalue weighted by atomic mass is 32.2. The highest BCUT2D eigenvalue weighted by Gasteiger charge is 2.05. The van der Waals surface area contributed by atoms with Crippen LogP contribution in [0.1, 0.15) is 11.5 Å². The normalized spacial score (nSPS) is 10.7. The molecule has 0 atom stereocenters. The van der Waals surface area contributed by atoms with E-state index in [1.165, 1.54) is 29.7 Å². The Kier molecular flexibility index (Phi) is 10.1. The molecule has 174 valence electrons. The van der Waals surface area contributed by atoms with Crippen molar-refractivity contribution in [2.75, 3.05) is 11.5 Å². The van der Waals surface area contributed by atoms with Crippen LogP contribution < -0.4 is 10.9 Å². The Morgan fingerprint density at radius 2 is 1.29 bits per heavy atom. The second-order valence-corrected chi connectivity index (χ2v) is 9.80. The third-order valence-electron chi connectivity index (χ3n) is 4.06. The predicted molar refractivity (Wildman–Crippen MR) is 141 cm³/mol. The molecule has 2 N–H and O–H groups in total. The van der Waals surface area contributed by atoms with Crippen molar-refractivity contribution in [3.8, 4) is 0 Å². The van der Waals surface area contributed by atoms with E-state index in [2.05, 4.69) is 34.4 Å². The average Bonchev–Trinajstić information content (AvgIpc) is 3.31. The van der Waals surface area contributed by atoms with Gasteiger partial charge in [0.05, 0.1) is 17.7 Å². The van der Waals surface area contributed by atoms with E-state index in [9.17, 15) is 9.59 Å². The lowest BCUT2D eigenvalue weighted by Crippen LogP contribution is -2.19. The molecule has 34 heavy (non-hydrogen) atoms. The van der Waals surface area contributed by atoms with Crippen molar-refractivity contribution in [3.05, 3.63) is 78.8 Å². The van der Waals surface area contributed by atoms with Crippen molar-refractivity contribution in [1.29, 1.82) is 0 Å². The van der Waals surface area contributed by atoms with Crippen LogP contribution >= 0.6 is 35.3 Å². The smallest absolute Gasteiger partial charge is 0.250 e. The molecule has 0 unspecified atom stereocenters. The largest absolute Gasteiger partial charge is 0.456 e. The van der Waals surface area contributed by atoms with Gasteiger partial charge in [0.1, 0.15) is 11.5 Å². The first-order valence-corrected chi connectivity index (χ1v) is 12.8. The second kappa shape index (κ2) is 13.5. The van der Waals surface area contributed by atoms with Gasteiger partial charge in [-0.1, -0.05) is 18.3 Å². The fourth-order valence-electron chi connectivity index (χ4n) is 2.51. The van der Waals surface area contributed by atoms with Gasteiger partial charge in [0, 0.05) is 26.3 Å². The van der Waals surface area contributed by atoms with Crippen LogP contribution in [0, 0.1) is 0 Å². The number of hydrogen-bond donors (Lipinski definition) is 2. The van der Waals surface area contributed by atoms with Gasteiger partial charge in [-0.2, -0.15) is 10.2 Å². The predicted octanol–water partition coefficient (Wildman–Crippen LogP) is 5.14. The molecule has 0 radical (unpaired) electrons. The van der Waals surface area contributed by atoms with Gasteiger partial charge in [-0.25, -0.2) is 10.9 Å². The Bertz CT molecular complexity index is 1160. The molecule has 0 bridgehead atoms. The lowest BCUT2D eigenvalue weighted by atomic mass is 10.4. The molecule has 10 heteroatoms. The summed E-state index contributed by atoms with van der Waals surface area (Å²) in [6, 6.07) is 19.5. The van der Waals surface area contributed by atoms with E-state index in [0.717, 1.165) is 19.6 Å². The Balaban J connectivity index is 1.41.